The molecule has 0 unspecified atom stereocenters. The highest BCUT2D eigenvalue weighted by atomic mass is 16.1. The van der Waals surface area contributed by atoms with Crippen molar-refractivity contribution in [3.63, 3.8) is 0 Å². The summed E-state index contributed by atoms with van der Waals surface area (Å²) in [4.78, 5) is 11.9. The Balaban J connectivity index is 2.94. The molecule has 0 atom stereocenters. The van der Waals surface area contributed by atoms with E-state index in [1.807, 2.05) is 6.07 Å². The fourth-order valence-corrected chi connectivity index (χ4v) is 2.82. The van der Waals surface area contributed by atoms with Gasteiger partial charge in [-0.25, -0.2) is 0 Å². The van der Waals surface area contributed by atoms with Gasteiger partial charge in [0, 0.05) is 5.56 Å². The number of rotatable bonds is 3. The van der Waals surface area contributed by atoms with Crippen LogP contribution >= 0.6 is 0 Å². The van der Waals surface area contributed by atoms with Gasteiger partial charge < -0.3 is 0 Å². The first kappa shape index (κ1) is 13.8. The van der Waals surface area contributed by atoms with Gasteiger partial charge in [0.05, 0.1) is 0 Å². The van der Waals surface area contributed by atoms with Gasteiger partial charge in [-0.2, -0.15) is 0 Å². The van der Waals surface area contributed by atoms with Gasteiger partial charge in [0.1, 0.15) is 0 Å². The summed E-state index contributed by atoms with van der Waals surface area (Å²) < 4.78 is 0. The third-order valence-corrected chi connectivity index (χ3v) is 3.70. The monoisotopic (exact) mass is 254 g/mol. The molecular weight excluding hydrogens is 232 g/mol. The fourth-order valence-electron chi connectivity index (χ4n) is 2.82. The predicted molar refractivity (Wildman–Crippen MR) is 82.1 cm³/mol. The molecule has 0 saturated heterocycles. The van der Waals surface area contributed by atoms with Gasteiger partial charge >= 0.3 is 0 Å². The molecule has 2 aromatic carbocycles. The van der Waals surface area contributed by atoms with Crippen molar-refractivity contribution in [2.45, 2.75) is 46.5 Å². The number of carbonyl (C=O) groups is 1. The van der Waals surface area contributed by atoms with Crippen molar-refractivity contribution in [2.24, 2.45) is 0 Å². The molecule has 100 valence electrons. The van der Waals surface area contributed by atoms with Crippen LogP contribution in [0.3, 0.4) is 0 Å². The third-order valence-electron chi connectivity index (χ3n) is 3.70. The second kappa shape index (κ2) is 5.16. The van der Waals surface area contributed by atoms with Gasteiger partial charge in [0.15, 0.2) is 5.78 Å². The lowest BCUT2D eigenvalue weighted by Crippen LogP contribution is -2.04. The summed E-state index contributed by atoms with van der Waals surface area (Å²) in [5.41, 5.74) is 3.41. The van der Waals surface area contributed by atoms with Crippen molar-refractivity contribution in [2.75, 3.05) is 0 Å². The molecule has 0 fully saturated rings. The quantitative estimate of drug-likeness (QED) is 0.680. The van der Waals surface area contributed by atoms with Gasteiger partial charge in [-0.05, 0) is 40.7 Å². The van der Waals surface area contributed by atoms with E-state index in [0.717, 1.165) is 5.56 Å². The van der Waals surface area contributed by atoms with Gasteiger partial charge in [0.2, 0.25) is 0 Å². The van der Waals surface area contributed by atoms with E-state index >= 15 is 0 Å². The number of carbonyl (C=O) groups excluding carboxylic acids is 1. The molecule has 0 spiro atoms. The van der Waals surface area contributed by atoms with E-state index in [0.29, 0.717) is 11.8 Å². The predicted octanol–water partition coefficient (Wildman–Crippen LogP) is 5.29. The number of hydrogen-bond acceptors (Lipinski definition) is 1. The van der Waals surface area contributed by atoms with Crippen molar-refractivity contribution in [1.29, 1.82) is 0 Å². The van der Waals surface area contributed by atoms with Crippen LogP contribution in [-0.2, 0) is 0 Å². The van der Waals surface area contributed by atoms with Gasteiger partial charge in [-0.1, -0.05) is 58.0 Å². The smallest absolute Gasteiger partial charge is 0.160 e. The summed E-state index contributed by atoms with van der Waals surface area (Å²) >= 11 is 0. The maximum atomic E-state index is 11.9. The van der Waals surface area contributed by atoms with Crippen LogP contribution in [0.15, 0.2) is 30.3 Å². The second-order valence-electron chi connectivity index (χ2n) is 5.84. The van der Waals surface area contributed by atoms with Crippen LogP contribution in [-0.4, -0.2) is 5.78 Å². The lowest BCUT2D eigenvalue weighted by atomic mass is 9.85. The van der Waals surface area contributed by atoms with Crippen LogP contribution in [0.2, 0.25) is 0 Å². The highest BCUT2D eigenvalue weighted by Crippen LogP contribution is 2.34. The number of benzene rings is 2. The minimum atomic E-state index is 0.157. The highest BCUT2D eigenvalue weighted by Gasteiger charge is 2.17. The number of ketones is 1. The Morgan fingerprint density at radius 2 is 1.63 bits per heavy atom. The van der Waals surface area contributed by atoms with Crippen LogP contribution in [0.25, 0.3) is 10.8 Å². The van der Waals surface area contributed by atoms with Gasteiger partial charge in [0.25, 0.3) is 0 Å². The van der Waals surface area contributed by atoms with Crippen molar-refractivity contribution in [3.8, 4) is 0 Å². The van der Waals surface area contributed by atoms with E-state index in [1.54, 1.807) is 6.92 Å². The molecular formula is C18H22O. The van der Waals surface area contributed by atoms with Gasteiger partial charge in [-0.3, -0.25) is 4.79 Å². The second-order valence-corrected chi connectivity index (χ2v) is 5.84. The molecule has 0 aromatic heterocycles. The van der Waals surface area contributed by atoms with E-state index in [9.17, 15) is 4.79 Å². The summed E-state index contributed by atoms with van der Waals surface area (Å²) in [5, 5.41) is 2.51. The van der Waals surface area contributed by atoms with Crippen molar-refractivity contribution >= 4 is 16.6 Å². The zero-order valence-corrected chi connectivity index (χ0v) is 12.4. The number of hydrogen-bond donors (Lipinski definition) is 0. The minimum absolute atomic E-state index is 0.157. The summed E-state index contributed by atoms with van der Waals surface area (Å²) in [7, 11) is 0. The van der Waals surface area contributed by atoms with Crippen LogP contribution in [0.5, 0.6) is 0 Å². The van der Waals surface area contributed by atoms with Crippen molar-refractivity contribution in [1.82, 2.24) is 0 Å². The standard InChI is InChI=1S/C18H22O/c1-11(2)15-8-6-7-14-9-10-16(13(5)19)17(12(3)4)18(14)15/h6-12H,1-5H3. The topological polar surface area (TPSA) is 17.1 Å². The summed E-state index contributed by atoms with van der Waals surface area (Å²) in [5.74, 6) is 0.968. The Labute approximate surface area is 115 Å². The van der Waals surface area contributed by atoms with E-state index in [4.69, 9.17) is 0 Å². The lowest BCUT2D eigenvalue weighted by molar-refractivity contribution is 0.101. The minimum Gasteiger partial charge on any atom is -0.295 e. The van der Waals surface area contributed by atoms with Gasteiger partial charge in [-0.15, -0.1) is 0 Å². The van der Waals surface area contributed by atoms with Crippen LogP contribution < -0.4 is 0 Å². The number of Topliss-reactive ketones (excluding diaryl/α,β-unsaturated/α-hetero) is 1. The maximum Gasteiger partial charge on any atom is 0.160 e. The molecule has 0 amide bonds. The molecule has 0 radical (unpaired) electrons. The Kier molecular flexibility index (Phi) is 3.75. The Morgan fingerprint density at radius 1 is 0.947 bits per heavy atom. The first-order valence-corrected chi connectivity index (χ1v) is 7.00. The Hall–Kier alpha value is -1.63. The molecule has 19 heavy (non-hydrogen) atoms. The summed E-state index contributed by atoms with van der Waals surface area (Å²) in [6, 6.07) is 10.5. The zero-order valence-electron chi connectivity index (χ0n) is 12.4. The fraction of sp³-hybridized carbons (Fsp3) is 0.389. The molecule has 0 aliphatic heterocycles. The van der Waals surface area contributed by atoms with Crippen molar-refractivity contribution < 1.29 is 4.79 Å². The lowest BCUT2D eigenvalue weighted by Gasteiger charge is -2.19. The van der Waals surface area contributed by atoms with E-state index in [2.05, 4.69) is 52.0 Å². The largest absolute Gasteiger partial charge is 0.295 e. The van der Waals surface area contributed by atoms with Crippen molar-refractivity contribution in [3.05, 3.63) is 47.0 Å². The normalized spacial score (nSPS) is 11.5. The molecule has 2 rings (SSSR count). The molecule has 0 bridgehead atoms. The molecule has 0 heterocycles. The molecule has 0 saturated carbocycles. The molecule has 0 aliphatic carbocycles. The average molecular weight is 254 g/mol. The van der Waals surface area contributed by atoms with E-state index in [1.165, 1.54) is 21.9 Å². The van der Waals surface area contributed by atoms with Crippen LogP contribution in [0.4, 0.5) is 0 Å². The van der Waals surface area contributed by atoms with E-state index in [-0.39, 0.29) is 5.78 Å². The molecule has 0 N–H and O–H groups in total. The average Bonchev–Trinajstić information content (AvgIpc) is 2.35. The number of fused-ring (bicyclic) bond motifs is 1. The first-order chi connectivity index (χ1) is 8.93. The Morgan fingerprint density at radius 3 is 2.16 bits per heavy atom. The Bertz CT molecular complexity index is 621. The maximum absolute atomic E-state index is 11.9. The third kappa shape index (κ3) is 2.42. The zero-order chi connectivity index (χ0) is 14.2. The van der Waals surface area contributed by atoms with E-state index < -0.39 is 0 Å². The summed E-state index contributed by atoms with van der Waals surface area (Å²) in [6.45, 7) is 10.4. The van der Waals surface area contributed by atoms with Crippen LogP contribution in [0.1, 0.15) is 67.9 Å². The molecule has 2 aromatic rings. The highest BCUT2D eigenvalue weighted by molar-refractivity contribution is 6.02. The first-order valence-electron chi connectivity index (χ1n) is 7.00. The molecule has 1 nitrogen and oxygen atoms in total. The summed E-state index contributed by atoms with van der Waals surface area (Å²) in [6.07, 6.45) is 0. The molecule has 1 heteroatoms. The molecule has 0 aliphatic rings. The van der Waals surface area contributed by atoms with Crippen LogP contribution in [0, 0.1) is 0 Å². The SMILES string of the molecule is CC(=O)c1ccc2cccc(C(C)C)c2c1C(C)C.